The lowest BCUT2D eigenvalue weighted by Gasteiger charge is -2.17. The van der Waals surface area contributed by atoms with Crippen LogP contribution in [0.15, 0.2) is 47.2 Å². The number of methoxy groups -OCH3 is 1. The summed E-state index contributed by atoms with van der Waals surface area (Å²) in [5.41, 5.74) is 4.74. The summed E-state index contributed by atoms with van der Waals surface area (Å²) in [7, 11) is 1.66. The van der Waals surface area contributed by atoms with Crippen molar-refractivity contribution in [2.45, 2.75) is 39.5 Å². The van der Waals surface area contributed by atoms with Crippen molar-refractivity contribution in [3.63, 3.8) is 0 Å². The number of rotatable bonds is 6. The summed E-state index contributed by atoms with van der Waals surface area (Å²) < 4.78 is 5.14. The van der Waals surface area contributed by atoms with E-state index in [1.54, 1.807) is 7.11 Å². The summed E-state index contributed by atoms with van der Waals surface area (Å²) in [6.07, 6.45) is 6.02. The number of hydrogen-bond donors (Lipinski definition) is 2. The molecule has 124 valence electrons. The monoisotopic (exact) mass is 314 g/mol. The number of aryl methyl sites for hydroxylation is 1. The van der Waals surface area contributed by atoms with Crippen LogP contribution < -0.4 is 15.4 Å². The minimum Gasteiger partial charge on any atom is -0.497 e. The second-order valence-electron chi connectivity index (χ2n) is 6.02. The lowest BCUT2D eigenvalue weighted by atomic mass is 9.98. The van der Waals surface area contributed by atoms with Gasteiger partial charge in [-0.1, -0.05) is 17.7 Å². The lowest BCUT2D eigenvalue weighted by molar-refractivity contribution is 0.243. The van der Waals surface area contributed by atoms with Crippen molar-refractivity contribution in [3.8, 4) is 5.75 Å². The SMILES string of the molecule is COc1ccc(CCCNC(=O)NC2=C(C)CCC(C)=C2)cc1. The Morgan fingerprint density at radius 2 is 1.91 bits per heavy atom. The van der Waals surface area contributed by atoms with Crippen LogP contribution in [0.25, 0.3) is 0 Å². The Balaban J connectivity index is 1.70. The third kappa shape index (κ3) is 5.47. The molecule has 4 heteroatoms. The molecule has 0 unspecified atom stereocenters. The van der Waals surface area contributed by atoms with E-state index in [-0.39, 0.29) is 6.03 Å². The number of ether oxygens (including phenoxy) is 1. The van der Waals surface area contributed by atoms with Gasteiger partial charge >= 0.3 is 6.03 Å². The Kier molecular flexibility index (Phi) is 6.27. The smallest absolute Gasteiger partial charge is 0.319 e. The number of urea groups is 1. The highest BCUT2D eigenvalue weighted by molar-refractivity contribution is 5.76. The maximum Gasteiger partial charge on any atom is 0.319 e. The van der Waals surface area contributed by atoms with Gasteiger partial charge in [0.05, 0.1) is 7.11 Å². The molecule has 2 amide bonds. The topological polar surface area (TPSA) is 50.4 Å². The number of carbonyl (C=O) groups is 1. The molecule has 0 saturated carbocycles. The number of nitrogens with one attached hydrogen (secondary N) is 2. The van der Waals surface area contributed by atoms with Crippen LogP contribution >= 0.6 is 0 Å². The van der Waals surface area contributed by atoms with Gasteiger partial charge in [0.1, 0.15) is 5.75 Å². The van der Waals surface area contributed by atoms with Crippen LogP contribution in [0.5, 0.6) is 5.75 Å². The number of amides is 2. The highest BCUT2D eigenvalue weighted by Crippen LogP contribution is 2.21. The summed E-state index contributed by atoms with van der Waals surface area (Å²) in [4.78, 5) is 12.0. The van der Waals surface area contributed by atoms with Gasteiger partial charge in [-0.05, 0) is 68.9 Å². The fraction of sp³-hybridized carbons (Fsp3) is 0.421. The minimum atomic E-state index is -0.125. The van der Waals surface area contributed by atoms with Crippen molar-refractivity contribution in [1.82, 2.24) is 10.6 Å². The second-order valence-corrected chi connectivity index (χ2v) is 6.02. The first-order valence-corrected chi connectivity index (χ1v) is 8.13. The molecule has 0 atom stereocenters. The number of hydrogen-bond acceptors (Lipinski definition) is 2. The van der Waals surface area contributed by atoms with E-state index >= 15 is 0 Å². The molecule has 1 aliphatic rings. The molecule has 0 saturated heterocycles. The molecule has 2 rings (SSSR count). The Bertz CT molecular complexity index is 600. The van der Waals surface area contributed by atoms with Crippen LogP contribution in [0.3, 0.4) is 0 Å². The molecule has 2 N–H and O–H groups in total. The van der Waals surface area contributed by atoms with Gasteiger partial charge in [0.25, 0.3) is 0 Å². The first kappa shape index (κ1) is 17.1. The van der Waals surface area contributed by atoms with E-state index in [9.17, 15) is 4.79 Å². The minimum absolute atomic E-state index is 0.125. The maximum absolute atomic E-state index is 12.0. The first-order chi connectivity index (χ1) is 11.1. The molecule has 1 aromatic carbocycles. The summed E-state index contributed by atoms with van der Waals surface area (Å²) >= 11 is 0. The summed E-state index contributed by atoms with van der Waals surface area (Å²) in [6.45, 7) is 4.83. The average Bonchev–Trinajstić information content (AvgIpc) is 2.55. The number of benzene rings is 1. The van der Waals surface area contributed by atoms with Gasteiger partial charge in [0, 0.05) is 12.2 Å². The highest BCUT2D eigenvalue weighted by Gasteiger charge is 2.10. The van der Waals surface area contributed by atoms with Gasteiger partial charge in [-0.25, -0.2) is 4.79 Å². The molecule has 0 heterocycles. The number of carbonyl (C=O) groups excluding carboxylic acids is 1. The van der Waals surface area contributed by atoms with E-state index in [0.29, 0.717) is 6.54 Å². The molecular weight excluding hydrogens is 288 g/mol. The number of allylic oxidation sites excluding steroid dienone is 3. The Morgan fingerprint density at radius 3 is 2.61 bits per heavy atom. The first-order valence-electron chi connectivity index (χ1n) is 8.13. The summed E-state index contributed by atoms with van der Waals surface area (Å²) in [5.74, 6) is 0.866. The molecule has 0 aromatic heterocycles. The quantitative estimate of drug-likeness (QED) is 0.781. The molecule has 4 nitrogen and oxygen atoms in total. The van der Waals surface area contributed by atoms with E-state index < -0.39 is 0 Å². The molecule has 0 radical (unpaired) electrons. The van der Waals surface area contributed by atoms with Gasteiger partial charge in [0.15, 0.2) is 0 Å². The normalized spacial score (nSPS) is 14.3. The van der Waals surface area contributed by atoms with Crippen LogP contribution in [0.2, 0.25) is 0 Å². The van der Waals surface area contributed by atoms with E-state index in [1.807, 2.05) is 12.1 Å². The molecule has 0 aliphatic heterocycles. The fourth-order valence-electron chi connectivity index (χ4n) is 2.56. The van der Waals surface area contributed by atoms with Gasteiger partial charge in [-0.15, -0.1) is 0 Å². The maximum atomic E-state index is 12.0. The molecular formula is C19H26N2O2. The predicted octanol–water partition coefficient (Wildman–Crippen LogP) is 3.94. The molecule has 0 bridgehead atoms. The zero-order chi connectivity index (χ0) is 16.7. The van der Waals surface area contributed by atoms with Crippen LogP contribution in [0.4, 0.5) is 4.79 Å². The van der Waals surface area contributed by atoms with Gasteiger partial charge in [0.2, 0.25) is 0 Å². The molecule has 23 heavy (non-hydrogen) atoms. The Labute approximate surface area is 138 Å². The Hall–Kier alpha value is -2.23. The van der Waals surface area contributed by atoms with Crippen molar-refractivity contribution in [1.29, 1.82) is 0 Å². The summed E-state index contributed by atoms with van der Waals surface area (Å²) in [6, 6.07) is 7.91. The van der Waals surface area contributed by atoms with Crippen LogP contribution in [-0.2, 0) is 6.42 Å². The van der Waals surface area contributed by atoms with Crippen molar-refractivity contribution in [2.75, 3.05) is 13.7 Å². The van der Waals surface area contributed by atoms with E-state index in [1.165, 1.54) is 16.7 Å². The van der Waals surface area contributed by atoms with E-state index in [4.69, 9.17) is 4.74 Å². The highest BCUT2D eigenvalue weighted by atomic mass is 16.5. The molecule has 0 spiro atoms. The van der Waals surface area contributed by atoms with Crippen molar-refractivity contribution in [2.24, 2.45) is 0 Å². The fourth-order valence-corrected chi connectivity index (χ4v) is 2.56. The van der Waals surface area contributed by atoms with Crippen molar-refractivity contribution >= 4 is 6.03 Å². The van der Waals surface area contributed by atoms with E-state index in [0.717, 1.165) is 37.1 Å². The zero-order valence-corrected chi connectivity index (χ0v) is 14.2. The lowest BCUT2D eigenvalue weighted by Crippen LogP contribution is -2.36. The van der Waals surface area contributed by atoms with Gasteiger partial charge < -0.3 is 15.4 Å². The molecule has 1 aliphatic carbocycles. The molecule has 0 fully saturated rings. The van der Waals surface area contributed by atoms with Crippen molar-refractivity contribution in [3.05, 3.63) is 52.7 Å². The average molecular weight is 314 g/mol. The molecule has 1 aromatic rings. The second kappa shape index (κ2) is 8.42. The van der Waals surface area contributed by atoms with Crippen molar-refractivity contribution < 1.29 is 9.53 Å². The van der Waals surface area contributed by atoms with Gasteiger partial charge in [-0.2, -0.15) is 0 Å². The summed E-state index contributed by atoms with van der Waals surface area (Å²) in [5, 5.41) is 5.87. The van der Waals surface area contributed by atoms with Crippen LogP contribution in [0.1, 0.15) is 38.7 Å². The van der Waals surface area contributed by atoms with Gasteiger partial charge in [-0.3, -0.25) is 0 Å². The predicted molar refractivity (Wildman–Crippen MR) is 93.5 cm³/mol. The standard InChI is InChI=1S/C19H26N2O2/c1-14-6-7-15(2)18(13-14)21-19(22)20-12-4-5-16-8-10-17(23-3)11-9-16/h8-11,13H,4-7,12H2,1-3H3,(H2,20,21,22). The Morgan fingerprint density at radius 1 is 1.17 bits per heavy atom. The van der Waals surface area contributed by atoms with E-state index in [2.05, 4.69) is 42.7 Å². The third-order valence-electron chi connectivity index (χ3n) is 4.08. The zero-order valence-electron chi connectivity index (χ0n) is 14.2. The van der Waals surface area contributed by atoms with Crippen LogP contribution in [-0.4, -0.2) is 19.7 Å². The third-order valence-corrected chi connectivity index (χ3v) is 4.08. The largest absolute Gasteiger partial charge is 0.497 e. The van der Waals surface area contributed by atoms with Crippen LogP contribution in [0, 0.1) is 0 Å².